The minimum atomic E-state index is -0.558. The van der Waals surface area contributed by atoms with Crippen LogP contribution in [0.3, 0.4) is 0 Å². The Morgan fingerprint density at radius 3 is 2.83 bits per heavy atom. The van der Waals surface area contributed by atoms with E-state index in [0.29, 0.717) is 12.5 Å². The first-order valence-corrected chi connectivity index (χ1v) is 5.98. The van der Waals surface area contributed by atoms with Crippen molar-refractivity contribution >= 4 is 17.5 Å². The van der Waals surface area contributed by atoms with Gasteiger partial charge in [-0.25, -0.2) is 9.37 Å². The third-order valence-electron chi connectivity index (χ3n) is 3.80. The number of nitrogens with zero attached hydrogens (tertiary/aromatic N) is 2. The Morgan fingerprint density at radius 2 is 2.28 bits per heavy atom. The second-order valence-electron chi connectivity index (χ2n) is 5.04. The molecule has 1 aromatic heterocycles. The van der Waals surface area contributed by atoms with E-state index >= 15 is 0 Å². The molecule has 0 bridgehead atoms. The number of halogens is 1. The minimum Gasteiger partial charge on any atom is -0.294 e. The molecule has 2 atom stereocenters. The number of rotatable bonds is 2. The molecule has 0 radical (unpaired) electrons. The van der Waals surface area contributed by atoms with Crippen LogP contribution in [0.2, 0.25) is 0 Å². The van der Waals surface area contributed by atoms with Crippen molar-refractivity contribution in [1.82, 2.24) is 4.98 Å². The van der Waals surface area contributed by atoms with Gasteiger partial charge in [0.1, 0.15) is 0 Å². The lowest BCUT2D eigenvalue weighted by Gasteiger charge is -2.19. The molecule has 1 aliphatic carbocycles. The summed E-state index contributed by atoms with van der Waals surface area (Å²) in [5.74, 6) is -0.319. The van der Waals surface area contributed by atoms with Crippen LogP contribution in [0.5, 0.6) is 0 Å². The number of hydrogen-bond acceptors (Lipinski definition) is 3. The lowest BCUT2D eigenvalue weighted by Crippen LogP contribution is -2.30. The van der Waals surface area contributed by atoms with Crippen molar-refractivity contribution in [2.45, 2.75) is 20.3 Å². The van der Waals surface area contributed by atoms with Crippen molar-refractivity contribution in [3.05, 3.63) is 23.1 Å². The smallest absolute Gasteiger partial charge is 0.231 e. The Hall–Kier alpha value is -1.78. The van der Waals surface area contributed by atoms with Gasteiger partial charge in [-0.05, 0) is 26.2 Å². The van der Waals surface area contributed by atoms with Gasteiger partial charge in [0, 0.05) is 29.8 Å². The molecular weight excluding hydrogens is 235 g/mol. The highest BCUT2D eigenvalue weighted by molar-refractivity contribution is 6.00. The molecule has 1 saturated heterocycles. The van der Waals surface area contributed by atoms with E-state index in [9.17, 15) is 14.0 Å². The van der Waals surface area contributed by atoms with Crippen LogP contribution in [0, 0.1) is 24.6 Å². The second kappa shape index (κ2) is 3.60. The summed E-state index contributed by atoms with van der Waals surface area (Å²) >= 11 is 0. The summed E-state index contributed by atoms with van der Waals surface area (Å²) in [7, 11) is 0. The molecule has 1 aliphatic heterocycles. The Labute approximate surface area is 104 Å². The molecule has 3 rings (SSSR count). The maximum atomic E-state index is 14.2. The average molecular weight is 248 g/mol. The van der Waals surface area contributed by atoms with Crippen molar-refractivity contribution in [2.24, 2.45) is 11.8 Å². The fourth-order valence-corrected chi connectivity index (χ4v) is 2.58. The maximum Gasteiger partial charge on any atom is 0.231 e. The number of hydrogen-bond donors (Lipinski definition) is 0. The quantitative estimate of drug-likeness (QED) is 0.749. The Morgan fingerprint density at radius 1 is 1.56 bits per heavy atom. The van der Waals surface area contributed by atoms with Gasteiger partial charge in [-0.1, -0.05) is 0 Å². The summed E-state index contributed by atoms with van der Waals surface area (Å²) in [6.07, 6.45) is 2.27. The van der Waals surface area contributed by atoms with Gasteiger partial charge in [0.25, 0.3) is 0 Å². The van der Waals surface area contributed by atoms with Gasteiger partial charge in [0.15, 0.2) is 17.4 Å². The van der Waals surface area contributed by atoms with E-state index in [1.165, 1.54) is 18.0 Å². The molecule has 2 heterocycles. The van der Waals surface area contributed by atoms with Crippen molar-refractivity contribution in [3.63, 3.8) is 0 Å². The number of Topliss-reactive ketones (excluding diaryl/α,β-unsaturated/α-hetero) is 1. The van der Waals surface area contributed by atoms with Gasteiger partial charge >= 0.3 is 0 Å². The zero-order chi connectivity index (χ0) is 13.0. The van der Waals surface area contributed by atoms with Gasteiger partial charge in [0.2, 0.25) is 5.91 Å². The monoisotopic (exact) mass is 248 g/mol. The van der Waals surface area contributed by atoms with Crippen molar-refractivity contribution in [3.8, 4) is 0 Å². The number of carbonyl (C=O) groups is 2. The molecule has 94 valence electrons. The number of amides is 1. The summed E-state index contributed by atoms with van der Waals surface area (Å²) in [4.78, 5) is 28.5. The molecule has 2 fully saturated rings. The van der Waals surface area contributed by atoms with Crippen molar-refractivity contribution in [2.75, 3.05) is 11.4 Å². The lowest BCUT2D eigenvalue weighted by atomic mass is 10.1. The second-order valence-corrected chi connectivity index (χ2v) is 5.04. The van der Waals surface area contributed by atoms with Crippen molar-refractivity contribution in [1.29, 1.82) is 0 Å². The number of fused-ring (bicyclic) bond motifs is 1. The van der Waals surface area contributed by atoms with Gasteiger partial charge in [-0.15, -0.1) is 0 Å². The van der Waals surface area contributed by atoms with Crippen LogP contribution in [0.15, 0.2) is 6.20 Å². The predicted octanol–water partition coefficient (Wildman–Crippen LogP) is 1.71. The molecule has 0 N–H and O–H groups in total. The molecule has 0 aromatic carbocycles. The lowest BCUT2D eigenvalue weighted by molar-refractivity contribution is -0.118. The highest BCUT2D eigenvalue weighted by Gasteiger charge is 2.53. The molecule has 4 nitrogen and oxygen atoms in total. The van der Waals surface area contributed by atoms with E-state index in [-0.39, 0.29) is 34.6 Å². The topological polar surface area (TPSA) is 50.3 Å². The van der Waals surface area contributed by atoms with E-state index in [1.807, 2.05) is 0 Å². The molecular formula is C13H13FN2O2. The number of anilines is 1. The SMILES string of the molecule is CC(=O)c1cnc(N2C[C@H]3C[C@H]3C2=O)c(F)c1C. The van der Waals surface area contributed by atoms with Crippen LogP contribution in [0.4, 0.5) is 10.2 Å². The van der Waals surface area contributed by atoms with Crippen LogP contribution in [-0.4, -0.2) is 23.2 Å². The zero-order valence-corrected chi connectivity index (χ0v) is 10.2. The highest BCUT2D eigenvalue weighted by Crippen LogP contribution is 2.47. The highest BCUT2D eigenvalue weighted by atomic mass is 19.1. The van der Waals surface area contributed by atoms with Gasteiger partial charge < -0.3 is 0 Å². The van der Waals surface area contributed by atoms with Gasteiger partial charge in [-0.3, -0.25) is 14.5 Å². The molecule has 0 spiro atoms. The van der Waals surface area contributed by atoms with E-state index in [0.717, 1.165) is 6.42 Å². The largest absolute Gasteiger partial charge is 0.294 e. The zero-order valence-electron chi connectivity index (χ0n) is 10.2. The summed E-state index contributed by atoms with van der Waals surface area (Å²) in [6.45, 7) is 3.46. The summed E-state index contributed by atoms with van der Waals surface area (Å²) < 4.78 is 14.2. The summed E-state index contributed by atoms with van der Waals surface area (Å²) in [5, 5.41) is 0. The van der Waals surface area contributed by atoms with E-state index in [2.05, 4.69) is 4.98 Å². The summed E-state index contributed by atoms with van der Waals surface area (Å²) in [6, 6.07) is 0. The minimum absolute atomic E-state index is 0.0404. The average Bonchev–Trinajstić information content (AvgIpc) is 3.02. The first-order valence-electron chi connectivity index (χ1n) is 5.98. The summed E-state index contributed by atoms with van der Waals surface area (Å²) in [5.41, 5.74) is 0.536. The molecule has 2 aliphatic rings. The first kappa shape index (κ1) is 11.3. The van der Waals surface area contributed by atoms with E-state index < -0.39 is 5.82 Å². The number of piperidine rings is 1. The maximum absolute atomic E-state index is 14.2. The number of carbonyl (C=O) groups excluding carboxylic acids is 2. The predicted molar refractivity (Wildman–Crippen MR) is 62.9 cm³/mol. The number of pyridine rings is 1. The number of aromatic nitrogens is 1. The third kappa shape index (κ3) is 1.46. The molecule has 5 heteroatoms. The normalized spacial score (nSPS) is 25.3. The van der Waals surface area contributed by atoms with E-state index in [4.69, 9.17) is 0 Å². The molecule has 1 aromatic rings. The fourth-order valence-electron chi connectivity index (χ4n) is 2.58. The standard InChI is InChI=1S/C13H13FN2O2/c1-6-10(7(2)17)4-15-12(11(6)14)16-5-8-3-9(8)13(16)18/h4,8-9H,3,5H2,1-2H3/t8-,9-/m1/s1. The van der Waals surface area contributed by atoms with Crippen LogP contribution in [0.25, 0.3) is 0 Å². The van der Waals surface area contributed by atoms with Gasteiger partial charge in [0.05, 0.1) is 0 Å². The van der Waals surface area contributed by atoms with E-state index in [1.54, 1.807) is 6.92 Å². The van der Waals surface area contributed by atoms with Crippen LogP contribution in [0.1, 0.15) is 29.3 Å². The fraction of sp³-hybridized carbons (Fsp3) is 0.462. The molecule has 1 amide bonds. The Kier molecular flexibility index (Phi) is 2.27. The molecule has 1 saturated carbocycles. The van der Waals surface area contributed by atoms with Crippen molar-refractivity contribution < 1.29 is 14.0 Å². The Bertz CT molecular complexity index is 570. The first-order chi connectivity index (χ1) is 8.50. The molecule has 18 heavy (non-hydrogen) atoms. The van der Waals surface area contributed by atoms with Gasteiger partial charge in [-0.2, -0.15) is 0 Å². The third-order valence-corrected chi connectivity index (χ3v) is 3.80. The van der Waals surface area contributed by atoms with Crippen LogP contribution < -0.4 is 4.90 Å². The Balaban J connectivity index is 2.01. The number of ketones is 1. The van der Waals surface area contributed by atoms with Crippen LogP contribution >= 0.6 is 0 Å². The molecule has 0 unspecified atom stereocenters. The van der Waals surface area contributed by atoms with Crippen LogP contribution in [-0.2, 0) is 4.79 Å².